The average Bonchev–Trinajstić information content (AvgIpc) is 2.25. The highest BCUT2D eigenvalue weighted by Crippen LogP contribution is 2.17. The number of carbonyl (C=O) groups excluding carboxylic acids is 1. The molecule has 0 unspecified atom stereocenters. The van der Waals surface area contributed by atoms with Crippen LogP contribution in [0.4, 0.5) is 8.78 Å². The molecule has 2 N–H and O–H groups in total. The minimum atomic E-state index is -1.20. The van der Waals surface area contributed by atoms with E-state index in [0.717, 1.165) is 12.1 Å². The molecule has 0 aliphatic carbocycles. The number of carboxylic acids is 1. The Kier molecular flexibility index (Phi) is 4.38. The van der Waals surface area contributed by atoms with Crippen molar-refractivity contribution in [2.24, 2.45) is 0 Å². The lowest BCUT2D eigenvalue weighted by atomic mass is 10.3. The molecule has 17 heavy (non-hydrogen) atoms. The van der Waals surface area contributed by atoms with Crippen LogP contribution in [0.5, 0.6) is 5.75 Å². The topological polar surface area (TPSA) is 75.6 Å². The summed E-state index contributed by atoms with van der Waals surface area (Å²) < 4.78 is 30.3. The lowest BCUT2D eigenvalue weighted by Crippen LogP contribution is -2.33. The lowest BCUT2D eigenvalue weighted by Gasteiger charge is -2.06. The van der Waals surface area contributed by atoms with Crippen LogP contribution in [0.2, 0.25) is 0 Å². The highest BCUT2D eigenvalue weighted by Gasteiger charge is 2.08. The zero-order valence-corrected chi connectivity index (χ0v) is 8.57. The van der Waals surface area contributed by atoms with Gasteiger partial charge in [-0.1, -0.05) is 0 Å². The maximum Gasteiger partial charge on any atom is 0.322 e. The molecule has 0 fully saturated rings. The summed E-state index contributed by atoms with van der Waals surface area (Å²) in [6.07, 6.45) is 0. The number of amides is 1. The number of benzene rings is 1. The lowest BCUT2D eigenvalue weighted by molar-refractivity contribution is -0.138. The predicted molar refractivity (Wildman–Crippen MR) is 52.5 cm³/mol. The Morgan fingerprint density at radius 2 is 2.06 bits per heavy atom. The van der Waals surface area contributed by atoms with Crippen molar-refractivity contribution in [3.8, 4) is 5.75 Å². The van der Waals surface area contributed by atoms with Crippen LogP contribution in [0.15, 0.2) is 18.2 Å². The molecule has 0 atom stereocenters. The van der Waals surface area contributed by atoms with E-state index >= 15 is 0 Å². The Balaban J connectivity index is 2.44. The van der Waals surface area contributed by atoms with Gasteiger partial charge in [-0.2, -0.15) is 0 Å². The fraction of sp³-hybridized carbons (Fsp3) is 0.200. The molecule has 0 saturated carbocycles. The van der Waals surface area contributed by atoms with Gasteiger partial charge >= 0.3 is 5.97 Å². The molecule has 1 aromatic rings. The molecule has 1 rings (SSSR count). The smallest absolute Gasteiger partial charge is 0.322 e. The molecule has 92 valence electrons. The van der Waals surface area contributed by atoms with Crippen molar-refractivity contribution in [3.05, 3.63) is 29.8 Å². The number of ether oxygens (including phenoxy) is 1. The number of hydrogen-bond acceptors (Lipinski definition) is 3. The molecule has 7 heteroatoms. The van der Waals surface area contributed by atoms with Gasteiger partial charge in [-0.3, -0.25) is 9.59 Å². The van der Waals surface area contributed by atoms with Gasteiger partial charge in [0.25, 0.3) is 5.91 Å². The number of rotatable bonds is 5. The van der Waals surface area contributed by atoms with Crippen LogP contribution in [0.1, 0.15) is 0 Å². The van der Waals surface area contributed by atoms with Crippen LogP contribution in [0.25, 0.3) is 0 Å². The second-order valence-corrected chi connectivity index (χ2v) is 3.03. The van der Waals surface area contributed by atoms with E-state index in [2.05, 4.69) is 0 Å². The van der Waals surface area contributed by atoms with Crippen LogP contribution in [-0.4, -0.2) is 30.1 Å². The summed E-state index contributed by atoms with van der Waals surface area (Å²) in [5, 5.41) is 10.3. The average molecular weight is 245 g/mol. The number of carbonyl (C=O) groups is 2. The number of nitrogens with one attached hydrogen (secondary N) is 1. The third kappa shape index (κ3) is 4.45. The third-order valence-electron chi connectivity index (χ3n) is 1.69. The third-order valence-corrected chi connectivity index (χ3v) is 1.69. The molecule has 0 radical (unpaired) electrons. The van der Waals surface area contributed by atoms with Crippen LogP contribution in [0, 0.1) is 11.6 Å². The van der Waals surface area contributed by atoms with Gasteiger partial charge in [0, 0.05) is 6.07 Å². The molecule has 1 aromatic carbocycles. The fourth-order valence-electron chi connectivity index (χ4n) is 0.961. The van der Waals surface area contributed by atoms with E-state index in [-0.39, 0.29) is 5.75 Å². The Morgan fingerprint density at radius 1 is 1.35 bits per heavy atom. The Hall–Kier alpha value is -2.18. The quantitative estimate of drug-likeness (QED) is 0.794. The normalized spacial score (nSPS) is 9.76. The maximum absolute atomic E-state index is 13.0. The van der Waals surface area contributed by atoms with Crippen molar-refractivity contribution < 1.29 is 28.2 Å². The summed E-state index contributed by atoms with van der Waals surface area (Å²) >= 11 is 0. The molecular formula is C10H9F2NO4. The van der Waals surface area contributed by atoms with Crippen LogP contribution in [-0.2, 0) is 9.59 Å². The number of carboxylic acid groups (broad SMARTS) is 1. The molecule has 0 aromatic heterocycles. The van der Waals surface area contributed by atoms with Crippen molar-refractivity contribution in [2.45, 2.75) is 0 Å². The molecule has 0 saturated heterocycles. The van der Waals surface area contributed by atoms with Gasteiger partial charge in [-0.25, -0.2) is 8.78 Å². The number of aliphatic carboxylic acids is 1. The first kappa shape index (κ1) is 12.9. The SMILES string of the molecule is O=C(O)CNC(=O)COc1ccc(F)cc1F. The van der Waals surface area contributed by atoms with Crippen molar-refractivity contribution in [3.63, 3.8) is 0 Å². The zero-order valence-electron chi connectivity index (χ0n) is 8.57. The summed E-state index contributed by atoms with van der Waals surface area (Å²) in [5.74, 6) is -3.89. The summed E-state index contributed by atoms with van der Waals surface area (Å²) in [4.78, 5) is 21.1. The molecule has 1 amide bonds. The molecule has 0 spiro atoms. The predicted octanol–water partition coefficient (Wildman–Crippen LogP) is 0.544. The second-order valence-electron chi connectivity index (χ2n) is 3.03. The summed E-state index contributed by atoms with van der Waals surface area (Å²) in [5.41, 5.74) is 0. The second kappa shape index (κ2) is 5.78. The van der Waals surface area contributed by atoms with E-state index in [1.165, 1.54) is 0 Å². The summed E-state index contributed by atoms with van der Waals surface area (Å²) in [7, 11) is 0. The van der Waals surface area contributed by atoms with E-state index in [4.69, 9.17) is 9.84 Å². The zero-order chi connectivity index (χ0) is 12.8. The van der Waals surface area contributed by atoms with Crippen molar-refractivity contribution in [1.82, 2.24) is 5.32 Å². The first-order chi connectivity index (χ1) is 7.99. The first-order valence-electron chi connectivity index (χ1n) is 4.55. The molecule has 0 bridgehead atoms. The van der Waals surface area contributed by atoms with E-state index < -0.39 is 36.7 Å². The van der Waals surface area contributed by atoms with Gasteiger partial charge in [0.1, 0.15) is 12.4 Å². The highest BCUT2D eigenvalue weighted by atomic mass is 19.1. The van der Waals surface area contributed by atoms with Gasteiger partial charge in [0.15, 0.2) is 18.2 Å². The van der Waals surface area contributed by atoms with Crippen molar-refractivity contribution in [2.75, 3.05) is 13.2 Å². The Bertz CT molecular complexity index is 436. The summed E-state index contributed by atoms with van der Waals surface area (Å²) in [6, 6.07) is 2.63. The van der Waals surface area contributed by atoms with E-state index in [0.29, 0.717) is 6.07 Å². The van der Waals surface area contributed by atoms with Crippen molar-refractivity contribution >= 4 is 11.9 Å². The Morgan fingerprint density at radius 3 is 2.65 bits per heavy atom. The molecular weight excluding hydrogens is 236 g/mol. The molecule has 0 aliphatic rings. The standard InChI is InChI=1S/C10H9F2NO4/c11-6-1-2-8(7(12)3-6)17-5-9(14)13-4-10(15)16/h1-3H,4-5H2,(H,13,14)(H,15,16). The molecule has 5 nitrogen and oxygen atoms in total. The number of hydrogen-bond donors (Lipinski definition) is 2. The van der Waals surface area contributed by atoms with Crippen molar-refractivity contribution in [1.29, 1.82) is 0 Å². The van der Waals surface area contributed by atoms with E-state index in [1.807, 2.05) is 5.32 Å². The van der Waals surface area contributed by atoms with E-state index in [1.54, 1.807) is 0 Å². The number of halogens is 2. The van der Waals surface area contributed by atoms with Gasteiger partial charge in [0.05, 0.1) is 0 Å². The molecule has 0 aliphatic heterocycles. The minimum absolute atomic E-state index is 0.281. The fourth-order valence-corrected chi connectivity index (χ4v) is 0.961. The Labute approximate surface area is 95.0 Å². The van der Waals surface area contributed by atoms with Gasteiger partial charge in [0.2, 0.25) is 0 Å². The monoisotopic (exact) mass is 245 g/mol. The van der Waals surface area contributed by atoms with Gasteiger partial charge in [-0.05, 0) is 12.1 Å². The first-order valence-corrected chi connectivity index (χ1v) is 4.55. The maximum atomic E-state index is 13.0. The minimum Gasteiger partial charge on any atom is -0.481 e. The van der Waals surface area contributed by atoms with Crippen LogP contribution >= 0.6 is 0 Å². The highest BCUT2D eigenvalue weighted by molar-refractivity contribution is 5.82. The largest absolute Gasteiger partial charge is 0.481 e. The van der Waals surface area contributed by atoms with Gasteiger partial charge < -0.3 is 15.2 Å². The van der Waals surface area contributed by atoms with Crippen LogP contribution < -0.4 is 10.1 Å². The van der Waals surface area contributed by atoms with Crippen LogP contribution in [0.3, 0.4) is 0 Å². The van der Waals surface area contributed by atoms with E-state index in [9.17, 15) is 18.4 Å². The molecule has 0 heterocycles. The van der Waals surface area contributed by atoms with Gasteiger partial charge in [-0.15, -0.1) is 0 Å². The summed E-state index contributed by atoms with van der Waals surface area (Å²) in [6.45, 7) is -1.09.